The summed E-state index contributed by atoms with van der Waals surface area (Å²) in [4.78, 5) is 22.1. The van der Waals surface area contributed by atoms with Crippen LogP contribution in [0.25, 0.3) is 11.3 Å². The molecule has 24 heavy (non-hydrogen) atoms. The lowest BCUT2D eigenvalue weighted by molar-refractivity contribution is -0.384. The fraction of sp³-hybridized carbons (Fsp3) is 0. The Kier molecular flexibility index (Phi) is 4.19. The molecule has 0 unspecified atom stereocenters. The summed E-state index contributed by atoms with van der Waals surface area (Å²) in [7, 11) is 0. The number of urea groups is 1. The van der Waals surface area contributed by atoms with E-state index < -0.39 is 11.0 Å². The van der Waals surface area contributed by atoms with Crippen LogP contribution in [-0.4, -0.2) is 16.1 Å². The van der Waals surface area contributed by atoms with Crippen molar-refractivity contribution in [3.63, 3.8) is 0 Å². The quantitative estimate of drug-likeness (QED) is 0.558. The van der Waals surface area contributed by atoms with Crippen LogP contribution in [0, 0.1) is 10.1 Å². The maximum atomic E-state index is 11.9. The van der Waals surface area contributed by atoms with E-state index in [0.717, 1.165) is 5.56 Å². The van der Waals surface area contributed by atoms with Crippen molar-refractivity contribution >= 4 is 23.2 Å². The van der Waals surface area contributed by atoms with Crippen LogP contribution in [0.15, 0.2) is 65.2 Å². The van der Waals surface area contributed by atoms with Crippen molar-refractivity contribution in [3.8, 4) is 11.3 Å². The summed E-state index contributed by atoms with van der Waals surface area (Å²) < 4.78 is 5.17. The van der Waals surface area contributed by atoms with Crippen molar-refractivity contribution in [3.05, 3.63) is 70.8 Å². The summed E-state index contributed by atoms with van der Waals surface area (Å²) in [6.07, 6.45) is 0. The van der Waals surface area contributed by atoms with Gasteiger partial charge in [0, 0.05) is 29.4 Å². The molecular weight excluding hydrogens is 312 g/mol. The molecule has 8 heteroatoms. The highest BCUT2D eigenvalue weighted by atomic mass is 16.6. The van der Waals surface area contributed by atoms with Gasteiger partial charge in [0.05, 0.1) is 4.92 Å². The van der Waals surface area contributed by atoms with Crippen LogP contribution < -0.4 is 10.6 Å². The number of nitro benzene ring substituents is 1. The van der Waals surface area contributed by atoms with Gasteiger partial charge in [-0.25, -0.2) is 4.79 Å². The smallest absolute Gasteiger partial charge is 0.324 e. The minimum Gasteiger partial charge on any atom is -0.354 e. The number of hydrogen-bond donors (Lipinski definition) is 2. The van der Waals surface area contributed by atoms with Gasteiger partial charge in [-0.2, -0.15) is 0 Å². The Balaban J connectivity index is 1.66. The van der Waals surface area contributed by atoms with E-state index in [1.165, 1.54) is 18.2 Å². The Bertz CT molecular complexity index is 877. The van der Waals surface area contributed by atoms with Crippen LogP contribution in [0.2, 0.25) is 0 Å². The SMILES string of the molecule is O=C(Nc1cccc([N+](=O)[O-])c1)Nc1cc(-c2ccccc2)on1. The normalized spacial score (nSPS) is 10.2. The molecule has 0 atom stereocenters. The monoisotopic (exact) mass is 324 g/mol. The van der Waals surface area contributed by atoms with Crippen molar-refractivity contribution in [2.24, 2.45) is 0 Å². The predicted octanol–water partition coefficient (Wildman–Crippen LogP) is 3.89. The minimum absolute atomic E-state index is 0.111. The van der Waals surface area contributed by atoms with Gasteiger partial charge in [0.2, 0.25) is 0 Å². The van der Waals surface area contributed by atoms with Crippen LogP contribution in [0.4, 0.5) is 22.0 Å². The largest absolute Gasteiger partial charge is 0.354 e. The highest BCUT2D eigenvalue weighted by molar-refractivity contribution is 5.99. The second kappa shape index (κ2) is 6.61. The maximum Gasteiger partial charge on any atom is 0.324 e. The molecule has 0 radical (unpaired) electrons. The van der Waals surface area contributed by atoms with Crippen LogP contribution >= 0.6 is 0 Å². The molecule has 120 valence electrons. The lowest BCUT2D eigenvalue weighted by atomic mass is 10.2. The van der Waals surface area contributed by atoms with E-state index >= 15 is 0 Å². The Hall–Kier alpha value is -3.68. The van der Waals surface area contributed by atoms with Crippen LogP contribution in [0.5, 0.6) is 0 Å². The van der Waals surface area contributed by atoms with Crippen molar-refractivity contribution in [1.82, 2.24) is 5.16 Å². The Morgan fingerprint density at radius 3 is 2.58 bits per heavy atom. The van der Waals surface area contributed by atoms with Crippen LogP contribution in [-0.2, 0) is 0 Å². The molecule has 3 rings (SSSR count). The van der Waals surface area contributed by atoms with Gasteiger partial charge in [-0.1, -0.05) is 41.6 Å². The Morgan fingerprint density at radius 2 is 1.83 bits per heavy atom. The second-order valence-corrected chi connectivity index (χ2v) is 4.83. The minimum atomic E-state index is -0.580. The van der Waals surface area contributed by atoms with E-state index in [9.17, 15) is 14.9 Å². The lowest BCUT2D eigenvalue weighted by Gasteiger charge is -2.04. The van der Waals surface area contributed by atoms with Crippen molar-refractivity contribution < 1.29 is 14.2 Å². The van der Waals surface area contributed by atoms with Gasteiger partial charge in [0.1, 0.15) is 0 Å². The number of rotatable bonds is 4. The zero-order chi connectivity index (χ0) is 16.9. The molecule has 0 aliphatic carbocycles. The lowest BCUT2D eigenvalue weighted by Crippen LogP contribution is -2.19. The summed E-state index contributed by atoms with van der Waals surface area (Å²) >= 11 is 0. The number of anilines is 2. The first-order valence-corrected chi connectivity index (χ1v) is 6.96. The number of nitro groups is 1. The molecule has 0 aliphatic heterocycles. The van der Waals surface area contributed by atoms with Crippen LogP contribution in [0.3, 0.4) is 0 Å². The van der Waals surface area contributed by atoms with Gasteiger partial charge in [-0.05, 0) is 6.07 Å². The number of carbonyl (C=O) groups excluding carboxylic acids is 1. The molecule has 1 heterocycles. The standard InChI is InChI=1S/C16H12N4O4/c21-16(17-12-7-4-8-13(9-12)20(22)23)18-15-10-14(24-19-15)11-5-2-1-3-6-11/h1-10H,(H2,17,18,19,21). The van der Waals surface area contributed by atoms with E-state index in [0.29, 0.717) is 11.4 Å². The number of amides is 2. The molecule has 8 nitrogen and oxygen atoms in total. The summed E-state index contributed by atoms with van der Waals surface area (Å²) in [6, 6.07) is 15.9. The van der Waals surface area contributed by atoms with E-state index in [1.54, 1.807) is 12.1 Å². The van der Waals surface area contributed by atoms with E-state index in [2.05, 4.69) is 15.8 Å². The van der Waals surface area contributed by atoms with Gasteiger partial charge in [-0.3, -0.25) is 15.4 Å². The van der Waals surface area contributed by atoms with E-state index in [-0.39, 0.29) is 11.5 Å². The number of aromatic nitrogens is 1. The molecule has 0 fully saturated rings. The first kappa shape index (κ1) is 15.2. The van der Waals surface area contributed by atoms with Gasteiger partial charge in [0.25, 0.3) is 5.69 Å². The molecule has 0 aliphatic rings. The zero-order valence-electron chi connectivity index (χ0n) is 12.3. The molecule has 2 N–H and O–H groups in total. The third-order valence-corrected chi connectivity index (χ3v) is 3.12. The molecule has 2 amide bonds. The Labute approximate surface area is 136 Å². The topological polar surface area (TPSA) is 110 Å². The molecule has 3 aromatic rings. The summed E-state index contributed by atoms with van der Waals surface area (Å²) in [5.41, 5.74) is 1.02. The average molecular weight is 324 g/mol. The number of hydrogen-bond acceptors (Lipinski definition) is 5. The van der Waals surface area contributed by atoms with Crippen LogP contribution in [0.1, 0.15) is 0 Å². The zero-order valence-corrected chi connectivity index (χ0v) is 12.3. The third-order valence-electron chi connectivity index (χ3n) is 3.12. The number of benzene rings is 2. The number of nitrogens with one attached hydrogen (secondary N) is 2. The molecule has 0 bridgehead atoms. The third kappa shape index (κ3) is 3.55. The summed E-state index contributed by atoms with van der Waals surface area (Å²) in [5.74, 6) is 0.748. The molecular formula is C16H12N4O4. The highest BCUT2D eigenvalue weighted by Gasteiger charge is 2.11. The molecule has 0 spiro atoms. The number of nitrogens with zero attached hydrogens (tertiary/aromatic N) is 2. The highest BCUT2D eigenvalue weighted by Crippen LogP contribution is 2.22. The molecule has 1 aromatic heterocycles. The number of carbonyl (C=O) groups is 1. The van der Waals surface area contributed by atoms with Gasteiger partial charge >= 0.3 is 6.03 Å². The summed E-state index contributed by atoms with van der Waals surface area (Å²) in [5, 5.41) is 19.5. The van der Waals surface area contributed by atoms with E-state index in [4.69, 9.17) is 4.52 Å². The van der Waals surface area contributed by atoms with Crippen molar-refractivity contribution in [2.45, 2.75) is 0 Å². The molecule has 2 aromatic carbocycles. The van der Waals surface area contributed by atoms with Gasteiger partial charge in [-0.15, -0.1) is 0 Å². The van der Waals surface area contributed by atoms with Gasteiger partial charge in [0.15, 0.2) is 11.6 Å². The summed E-state index contributed by atoms with van der Waals surface area (Å²) in [6.45, 7) is 0. The first-order valence-electron chi connectivity index (χ1n) is 6.96. The van der Waals surface area contributed by atoms with Crippen molar-refractivity contribution in [1.29, 1.82) is 0 Å². The van der Waals surface area contributed by atoms with E-state index in [1.807, 2.05) is 30.3 Å². The predicted molar refractivity (Wildman–Crippen MR) is 87.7 cm³/mol. The van der Waals surface area contributed by atoms with Gasteiger partial charge < -0.3 is 9.84 Å². The second-order valence-electron chi connectivity index (χ2n) is 4.83. The Morgan fingerprint density at radius 1 is 1.04 bits per heavy atom. The first-order chi connectivity index (χ1) is 11.6. The number of non-ortho nitro benzene ring substituents is 1. The fourth-order valence-electron chi connectivity index (χ4n) is 2.05. The maximum absolute atomic E-state index is 11.9. The fourth-order valence-corrected chi connectivity index (χ4v) is 2.05. The molecule has 0 saturated carbocycles. The molecule has 0 saturated heterocycles. The van der Waals surface area contributed by atoms with Crippen molar-refractivity contribution in [2.75, 3.05) is 10.6 Å². The average Bonchev–Trinajstić information content (AvgIpc) is 3.04.